The van der Waals surface area contributed by atoms with Crippen molar-refractivity contribution < 1.29 is 26.4 Å². The molecule has 0 saturated carbocycles. The van der Waals surface area contributed by atoms with Crippen LogP contribution in [0.15, 0.2) is 47.4 Å². The van der Waals surface area contributed by atoms with Gasteiger partial charge in [-0.25, -0.2) is 16.8 Å². The zero-order valence-electron chi connectivity index (χ0n) is 24.7. The number of hydrogen-bond donors (Lipinski definition) is 2. The fourth-order valence-corrected chi connectivity index (χ4v) is 6.71. The molecule has 1 heterocycles. The Morgan fingerprint density at radius 1 is 1.15 bits per heavy atom. The molecule has 1 amide bonds. The molecule has 1 aliphatic heterocycles. The third kappa shape index (κ3) is 8.67. The lowest BCUT2D eigenvalue weighted by atomic mass is 10.0. The van der Waals surface area contributed by atoms with Gasteiger partial charge in [-0.1, -0.05) is 33.1 Å². The minimum absolute atomic E-state index is 0.0778. The zero-order chi connectivity index (χ0) is 30.4. The van der Waals surface area contributed by atoms with Gasteiger partial charge in [0.2, 0.25) is 10.0 Å². The Morgan fingerprint density at radius 2 is 1.83 bits per heavy atom. The van der Waals surface area contributed by atoms with Crippen molar-refractivity contribution in [3.63, 3.8) is 0 Å². The number of carbonyl (C=O) groups excluding carboxylic acids is 1. The number of carbonyl (C=O) groups is 1. The number of nitrogens with zero attached hydrogens (tertiary/aromatic N) is 2. The zero-order valence-corrected chi connectivity index (χ0v) is 26.3. The molecule has 0 bridgehead atoms. The van der Waals surface area contributed by atoms with Crippen molar-refractivity contribution >= 4 is 42.8 Å². The SMILES string of the molecule is CC[C@@H](C)CCCCS(=O)(=O)c1ccc(NC(=O)c2cc(N3CC[C@H](N)[C@@H](OC)C3)ccc2N(C)S(C)(=O)=O)cc1. The molecule has 0 radical (unpaired) electrons. The minimum Gasteiger partial charge on any atom is -0.378 e. The summed E-state index contributed by atoms with van der Waals surface area (Å²) in [6.45, 7) is 5.50. The molecule has 3 atom stereocenters. The predicted molar refractivity (Wildman–Crippen MR) is 165 cm³/mol. The maximum Gasteiger partial charge on any atom is 0.257 e. The number of nitrogens with one attached hydrogen (secondary N) is 1. The quantitative estimate of drug-likeness (QED) is 0.327. The highest BCUT2D eigenvalue weighted by atomic mass is 32.2. The number of sulfone groups is 1. The first-order valence-electron chi connectivity index (χ1n) is 14.0. The van der Waals surface area contributed by atoms with E-state index in [9.17, 15) is 21.6 Å². The third-order valence-corrected chi connectivity index (χ3v) is 10.9. The molecular formula is C29H44N4O6S2. The van der Waals surface area contributed by atoms with E-state index >= 15 is 0 Å². The topological polar surface area (TPSA) is 139 Å². The summed E-state index contributed by atoms with van der Waals surface area (Å²) in [6.07, 6.45) is 5.16. The Morgan fingerprint density at radius 3 is 2.44 bits per heavy atom. The highest BCUT2D eigenvalue weighted by molar-refractivity contribution is 7.92. The standard InChI is InChI=1S/C29H44N4O6S2/c1-6-21(2)9-7-8-18-41(37,38)24-13-10-22(11-14-24)31-29(34)25-19-23(12-15-27(25)32(3)40(5,35)36)33-17-16-26(30)28(20-33)39-4/h10-15,19,21,26,28H,6-9,16-18,20,30H2,1-5H3,(H,31,34)/t21-,26+,28+/m1/s1. The Labute approximate surface area is 245 Å². The number of ether oxygens (including phenoxy) is 1. The van der Waals surface area contributed by atoms with Crippen LogP contribution in [0, 0.1) is 5.92 Å². The lowest BCUT2D eigenvalue weighted by Gasteiger charge is -2.37. The average molecular weight is 609 g/mol. The number of amides is 1. The molecular weight excluding hydrogens is 564 g/mol. The van der Waals surface area contributed by atoms with Crippen LogP contribution >= 0.6 is 0 Å². The lowest BCUT2D eigenvalue weighted by molar-refractivity contribution is 0.0730. The number of nitrogens with two attached hydrogens (primary N) is 1. The molecule has 2 aromatic rings. The van der Waals surface area contributed by atoms with Crippen LogP contribution in [0.3, 0.4) is 0 Å². The van der Waals surface area contributed by atoms with Gasteiger partial charge in [-0.2, -0.15) is 0 Å². The number of methoxy groups -OCH3 is 1. The van der Waals surface area contributed by atoms with E-state index in [0.717, 1.165) is 35.5 Å². The van der Waals surface area contributed by atoms with Gasteiger partial charge in [0.1, 0.15) is 0 Å². The van der Waals surface area contributed by atoms with Crippen molar-refractivity contribution in [1.29, 1.82) is 0 Å². The van der Waals surface area contributed by atoms with E-state index in [0.29, 0.717) is 37.5 Å². The summed E-state index contributed by atoms with van der Waals surface area (Å²) in [5.74, 6) is 0.142. The number of piperidine rings is 1. The van der Waals surface area contributed by atoms with E-state index in [1.54, 1.807) is 37.4 Å². The van der Waals surface area contributed by atoms with Crippen molar-refractivity contribution in [2.45, 2.75) is 63.0 Å². The Bertz CT molecular complexity index is 1400. The van der Waals surface area contributed by atoms with Gasteiger partial charge in [0.25, 0.3) is 5.91 Å². The summed E-state index contributed by atoms with van der Waals surface area (Å²) in [6, 6.07) is 11.0. The van der Waals surface area contributed by atoms with Gasteiger partial charge in [-0.05, 0) is 61.2 Å². The fraction of sp³-hybridized carbons (Fsp3) is 0.552. The number of anilines is 3. The summed E-state index contributed by atoms with van der Waals surface area (Å²) in [5, 5.41) is 2.79. The first kappa shape index (κ1) is 32.8. The Kier molecular flexibility index (Phi) is 11.2. The van der Waals surface area contributed by atoms with E-state index in [-0.39, 0.29) is 34.0 Å². The predicted octanol–water partition coefficient (Wildman–Crippen LogP) is 3.88. The highest BCUT2D eigenvalue weighted by Gasteiger charge is 2.28. The smallest absolute Gasteiger partial charge is 0.257 e. The molecule has 1 saturated heterocycles. The summed E-state index contributed by atoms with van der Waals surface area (Å²) in [5.41, 5.74) is 7.69. The second kappa shape index (κ2) is 14.0. The van der Waals surface area contributed by atoms with Gasteiger partial charge in [0.15, 0.2) is 9.84 Å². The van der Waals surface area contributed by atoms with E-state index in [4.69, 9.17) is 10.5 Å². The molecule has 0 aliphatic carbocycles. The maximum atomic E-state index is 13.5. The average Bonchev–Trinajstić information content (AvgIpc) is 2.94. The number of rotatable bonds is 13. The summed E-state index contributed by atoms with van der Waals surface area (Å²) < 4.78 is 56.9. The van der Waals surface area contributed by atoms with Crippen molar-refractivity contribution in [3.8, 4) is 0 Å². The van der Waals surface area contributed by atoms with E-state index in [1.807, 2.05) is 0 Å². The van der Waals surface area contributed by atoms with Crippen LogP contribution in [0.4, 0.5) is 17.1 Å². The van der Waals surface area contributed by atoms with E-state index in [1.165, 1.54) is 19.2 Å². The summed E-state index contributed by atoms with van der Waals surface area (Å²) >= 11 is 0. The van der Waals surface area contributed by atoms with Crippen LogP contribution in [0.25, 0.3) is 0 Å². The minimum atomic E-state index is -3.64. The van der Waals surface area contributed by atoms with Crippen LogP contribution in [0.2, 0.25) is 0 Å². The lowest BCUT2D eigenvalue weighted by Crippen LogP contribution is -2.51. The first-order valence-corrected chi connectivity index (χ1v) is 17.5. The molecule has 0 spiro atoms. The number of hydrogen-bond acceptors (Lipinski definition) is 8. The second-order valence-electron chi connectivity index (χ2n) is 10.9. The van der Waals surface area contributed by atoms with Crippen LogP contribution in [-0.2, 0) is 24.6 Å². The maximum absolute atomic E-state index is 13.5. The molecule has 2 aromatic carbocycles. The van der Waals surface area contributed by atoms with Crippen LogP contribution < -0.4 is 20.3 Å². The van der Waals surface area contributed by atoms with Crippen LogP contribution in [0.1, 0.15) is 56.3 Å². The molecule has 41 heavy (non-hydrogen) atoms. The molecule has 3 rings (SSSR count). The molecule has 3 N–H and O–H groups in total. The Balaban J connectivity index is 1.81. The summed E-state index contributed by atoms with van der Waals surface area (Å²) in [4.78, 5) is 15.8. The number of benzene rings is 2. The van der Waals surface area contributed by atoms with Crippen LogP contribution in [-0.4, -0.2) is 74.1 Å². The van der Waals surface area contributed by atoms with Gasteiger partial charge < -0.3 is 20.7 Å². The molecule has 10 nitrogen and oxygen atoms in total. The first-order chi connectivity index (χ1) is 19.3. The summed E-state index contributed by atoms with van der Waals surface area (Å²) in [7, 11) is -4.07. The van der Waals surface area contributed by atoms with Crippen molar-refractivity contribution in [2.75, 3.05) is 53.8 Å². The molecule has 1 aliphatic rings. The van der Waals surface area contributed by atoms with Crippen molar-refractivity contribution in [2.24, 2.45) is 11.7 Å². The molecule has 0 aromatic heterocycles. The van der Waals surface area contributed by atoms with Gasteiger partial charge >= 0.3 is 0 Å². The molecule has 0 unspecified atom stereocenters. The molecule has 1 fully saturated rings. The van der Waals surface area contributed by atoms with Gasteiger partial charge in [-0.3, -0.25) is 9.10 Å². The number of unbranched alkanes of at least 4 members (excludes halogenated alkanes) is 1. The second-order valence-corrected chi connectivity index (χ2v) is 15.0. The highest BCUT2D eigenvalue weighted by Crippen LogP contribution is 2.30. The van der Waals surface area contributed by atoms with Crippen molar-refractivity contribution in [3.05, 3.63) is 48.0 Å². The van der Waals surface area contributed by atoms with Crippen molar-refractivity contribution in [1.82, 2.24) is 0 Å². The van der Waals surface area contributed by atoms with Gasteiger partial charge in [0.05, 0.1) is 34.3 Å². The number of sulfonamides is 1. The van der Waals surface area contributed by atoms with E-state index < -0.39 is 25.8 Å². The largest absolute Gasteiger partial charge is 0.378 e. The van der Waals surface area contributed by atoms with Gasteiger partial charge in [-0.15, -0.1) is 0 Å². The third-order valence-electron chi connectivity index (χ3n) is 7.87. The molecule has 12 heteroatoms. The fourth-order valence-electron chi connectivity index (χ4n) is 4.83. The van der Waals surface area contributed by atoms with Crippen LogP contribution in [0.5, 0.6) is 0 Å². The Hall–Kier alpha value is -2.67. The van der Waals surface area contributed by atoms with Gasteiger partial charge in [0, 0.05) is 44.7 Å². The van der Waals surface area contributed by atoms with E-state index in [2.05, 4.69) is 24.1 Å². The molecule has 228 valence electrons. The monoisotopic (exact) mass is 608 g/mol. The normalized spacial score (nSPS) is 18.6.